The molecular weight excluding hydrogens is 381 g/mol. The van der Waals surface area contributed by atoms with Crippen LogP contribution in [0.4, 0.5) is 16.0 Å². The lowest BCUT2D eigenvalue weighted by molar-refractivity contribution is -0.402. The number of nitro groups is 1. The molecule has 29 heavy (non-hydrogen) atoms. The van der Waals surface area contributed by atoms with E-state index >= 15 is 0 Å². The van der Waals surface area contributed by atoms with Crippen molar-refractivity contribution in [3.05, 3.63) is 93.5 Å². The van der Waals surface area contributed by atoms with Gasteiger partial charge in [0.1, 0.15) is 10.7 Å². The normalized spacial score (nSPS) is 10.4. The number of benzene rings is 2. The second kappa shape index (κ2) is 8.79. The molecule has 0 unspecified atom stereocenters. The van der Waals surface area contributed by atoms with E-state index in [1.807, 2.05) is 0 Å². The molecule has 3 aromatic rings. The molecule has 148 valence electrons. The Labute approximate surface area is 164 Å². The van der Waals surface area contributed by atoms with E-state index in [1.54, 1.807) is 24.3 Å². The van der Waals surface area contributed by atoms with Crippen molar-refractivity contribution in [3.63, 3.8) is 0 Å². The van der Waals surface area contributed by atoms with Crippen molar-refractivity contribution in [1.29, 1.82) is 0 Å². The molecule has 0 radical (unpaired) electrons. The Morgan fingerprint density at radius 1 is 1.03 bits per heavy atom. The van der Waals surface area contributed by atoms with E-state index in [-0.39, 0.29) is 29.4 Å². The Kier molecular flexibility index (Phi) is 5.98. The number of nitrogens with zero attached hydrogens (tertiary/aromatic N) is 1. The van der Waals surface area contributed by atoms with Crippen LogP contribution in [-0.2, 0) is 6.42 Å². The zero-order valence-electron chi connectivity index (χ0n) is 15.1. The van der Waals surface area contributed by atoms with Crippen molar-refractivity contribution in [2.75, 3.05) is 11.9 Å². The van der Waals surface area contributed by atoms with Gasteiger partial charge in [0.15, 0.2) is 5.76 Å². The van der Waals surface area contributed by atoms with Crippen LogP contribution < -0.4 is 10.6 Å². The van der Waals surface area contributed by atoms with E-state index in [2.05, 4.69) is 10.6 Å². The number of hydrogen-bond acceptors (Lipinski definition) is 5. The van der Waals surface area contributed by atoms with E-state index in [1.165, 1.54) is 30.3 Å². The summed E-state index contributed by atoms with van der Waals surface area (Å²) in [5.41, 5.74) is 1.17. The Morgan fingerprint density at radius 3 is 2.55 bits per heavy atom. The Hall–Kier alpha value is -4.01. The molecule has 0 spiro atoms. The Bertz CT molecular complexity index is 1060. The lowest BCUT2D eigenvalue weighted by Crippen LogP contribution is -2.27. The summed E-state index contributed by atoms with van der Waals surface area (Å²) in [5.74, 6) is -2.31. The van der Waals surface area contributed by atoms with E-state index < -0.39 is 22.6 Å². The highest BCUT2D eigenvalue weighted by atomic mass is 19.1. The van der Waals surface area contributed by atoms with Gasteiger partial charge in [0.2, 0.25) is 0 Å². The summed E-state index contributed by atoms with van der Waals surface area (Å²) >= 11 is 0. The average Bonchev–Trinajstić information content (AvgIpc) is 3.19. The SMILES string of the molecule is O=C(Nc1ccccc1C(=O)NCCc1cccc(F)c1)c1ccc([N+](=O)[O-])o1. The first-order valence-corrected chi connectivity index (χ1v) is 8.61. The van der Waals surface area contributed by atoms with Crippen molar-refractivity contribution in [2.24, 2.45) is 0 Å². The zero-order valence-corrected chi connectivity index (χ0v) is 15.1. The molecule has 9 heteroatoms. The van der Waals surface area contributed by atoms with Crippen molar-refractivity contribution < 1.29 is 23.3 Å². The van der Waals surface area contributed by atoms with Crippen molar-refractivity contribution in [1.82, 2.24) is 5.32 Å². The largest absolute Gasteiger partial charge is 0.433 e. The lowest BCUT2D eigenvalue weighted by atomic mass is 10.1. The monoisotopic (exact) mass is 397 g/mol. The molecule has 0 aliphatic carbocycles. The number of hydrogen-bond donors (Lipinski definition) is 2. The number of rotatable bonds is 7. The quantitative estimate of drug-likeness (QED) is 0.467. The molecule has 0 bridgehead atoms. The summed E-state index contributed by atoms with van der Waals surface area (Å²) in [4.78, 5) is 34.7. The van der Waals surface area contributed by atoms with Gasteiger partial charge in [-0.3, -0.25) is 19.7 Å². The highest BCUT2D eigenvalue weighted by molar-refractivity contribution is 6.07. The van der Waals surface area contributed by atoms with E-state index in [4.69, 9.17) is 4.42 Å². The zero-order chi connectivity index (χ0) is 20.8. The van der Waals surface area contributed by atoms with Gasteiger partial charge >= 0.3 is 5.88 Å². The number of amides is 2. The van der Waals surface area contributed by atoms with Gasteiger partial charge in [-0.2, -0.15) is 0 Å². The standard InChI is InChI=1S/C20H16FN3O5/c21-14-5-3-4-13(12-14)10-11-22-19(25)15-6-1-2-7-16(15)23-20(26)17-8-9-18(29-17)24(27)28/h1-9,12H,10-11H2,(H,22,25)(H,23,26). The maximum Gasteiger partial charge on any atom is 0.433 e. The van der Waals surface area contributed by atoms with Crippen LogP contribution in [0.5, 0.6) is 0 Å². The number of carbonyl (C=O) groups excluding carboxylic acids is 2. The average molecular weight is 397 g/mol. The molecule has 8 nitrogen and oxygen atoms in total. The summed E-state index contributed by atoms with van der Waals surface area (Å²) in [6.07, 6.45) is 0.439. The summed E-state index contributed by atoms with van der Waals surface area (Å²) < 4.78 is 18.1. The van der Waals surface area contributed by atoms with Crippen LogP contribution in [0.25, 0.3) is 0 Å². The van der Waals surface area contributed by atoms with Crippen molar-refractivity contribution >= 4 is 23.4 Å². The summed E-state index contributed by atoms with van der Waals surface area (Å²) in [7, 11) is 0. The Balaban J connectivity index is 1.65. The van der Waals surface area contributed by atoms with Crippen molar-refractivity contribution in [2.45, 2.75) is 6.42 Å². The van der Waals surface area contributed by atoms with Gasteiger partial charge in [-0.1, -0.05) is 24.3 Å². The molecule has 0 aliphatic rings. The minimum absolute atomic E-state index is 0.209. The van der Waals surface area contributed by atoms with Gasteiger partial charge in [-0.05, 0) is 42.3 Å². The maximum atomic E-state index is 13.2. The molecule has 1 heterocycles. The minimum atomic E-state index is -0.753. The van der Waals surface area contributed by atoms with Crippen LogP contribution in [0, 0.1) is 15.9 Å². The number of furan rings is 1. The predicted octanol–water partition coefficient (Wildman–Crippen LogP) is 3.55. The first-order chi connectivity index (χ1) is 13.9. The molecule has 3 rings (SSSR count). The van der Waals surface area contributed by atoms with Gasteiger partial charge in [-0.25, -0.2) is 4.39 Å². The number of halogens is 1. The van der Waals surface area contributed by atoms with Crippen LogP contribution in [0.3, 0.4) is 0 Å². The molecule has 0 aliphatic heterocycles. The van der Waals surface area contributed by atoms with Crippen LogP contribution in [0.15, 0.2) is 65.1 Å². The lowest BCUT2D eigenvalue weighted by Gasteiger charge is -2.11. The molecule has 2 amide bonds. The summed E-state index contributed by atoms with van der Waals surface area (Å²) in [5, 5.41) is 15.9. The molecule has 0 atom stereocenters. The first kappa shape index (κ1) is 19.7. The summed E-state index contributed by atoms with van der Waals surface area (Å²) in [6.45, 7) is 0.273. The highest BCUT2D eigenvalue weighted by Gasteiger charge is 2.19. The third-order valence-corrected chi connectivity index (χ3v) is 4.00. The second-order valence-corrected chi connectivity index (χ2v) is 6.03. The van der Waals surface area contributed by atoms with Crippen LogP contribution in [0.2, 0.25) is 0 Å². The van der Waals surface area contributed by atoms with Gasteiger partial charge in [0, 0.05) is 6.54 Å². The van der Waals surface area contributed by atoms with E-state index in [9.17, 15) is 24.1 Å². The van der Waals surface area contributed by atoms with Crippen LogP contribution >= 0.6 is 0 Å². The molecule has 2 N–H and O–H groups in total. The van der Waals surface area contributed by atoms with Crippen LogP contribution in [-0.4, -0.2) is 23.3 Å². The highest BCUT2D eigenvalue weighted by Crippen LogP contribution is 2.19. The van der Waals surface area contributed by atoms with Gasteiger partial charge in [0.05, 0.1) is 17.3 Å². The second-order valence-electron chi connectivity index (χ2n) is 6.03. The minimum Gasteiger partial charge on any atom is -0.395 e. The van der Waals surface area contributed by atoms with E-state index in [0.717, 1.165) is 11.6 Å². The van der Waals surface area contributed by atoms with Crippen LogP contribution in [0.1, 0.15) is 26.5 Å². The molecule has 0 saturated carbocycles. The fraction of sp³-hybridized carbons (Fsp3) is 0.100. The number of para-hydroxylation sites is 1. The van der Waals surface area contributed by atoms with E-state index in [0.29, 0.717) is 6.42 Å². The molecule has 0 fully saturated rings. The van der Waals surface area contributed by atoms with Gasteiger partial charge in [0.25, 0.3) is 11.8 Å². The summed E-state index contributed by atoms with van der Waals surface area (Å²) in [6, 6.07) is 14.6. The Morgan fingerprint density at radius 2 is 1.83 bits per heavy atom. The van der Waals surface area contributed by atoms with Crippen molar-refractivity contribution in [3.8, 4) is 0 Å². The maximum absolute atomic E-state index is 13.2. The smallest absolute Gasteiger partial charge is 0.395 e. The fourth-order valence-corrected chi connectivity index (χ4v) is 2.63. The predicted molar refractivity (Wildman–Crippen MR) is 102 cm³/mol. The topological polar surface area (TPSA) is 114 Å². The van der Waals surface area contributed by atoms with Gasteiger partial charge in [-0.15, -0.1) is 0 Å². The van der Waals surface area contributed by atoms with Gasteiger partial charge < -0.3 is 15.1 Å². The number of anilines is 1. The molecular formula is C20H16FN3O5. The molecule has 2 aromatic carbocycles. The fourth-order valence-electron chi connectivity index (χ4n) is 2.63. The molecule has 0 saturated heterocycles. The third-order valence-electron chi connectivity index (χ3n) is 4.00. The number of nitrogens with one attached hydrogen (secondary N) is 2. The third kappa shape index (κ3) is 5.04. The first-order valence-electron chi connectivity index (χ1n) is 8.61. The number of carbonyl (C=O) groups is 2. The molecule has 1 aromatic heterocycles.